The first kappa shape index (κ1) is 15.1. The Bertz CT molecular complexity index is 185. The number of carboxylic acids is 1. The van der Waals surface area contributed by atoms with E-state index in [2.05, 4.69) is 6.58 Å². The molecular weight excluding hydrogens is 186 g/mol. The highest BCUT2D eigenvalue weighted by Crippen LogP contribution is 1.80. The summed E-state index contributed by atoms with van der Waals surface area (Å²) in [7, 11) is 3.84. The molecule has 0 aliphatic heterocycles. The number of hydrogen-bond donors (Lipinski definition) is 1. The van der Waals surface area contributed by atoms with E-state index in [4.69, 9.17) is 14.6 Å². The van der Waals surface area contributed by atoms with Crippen molar-refractivity contribution < 1.29 is 19.4 Å². The monoisotopic (exact) mass is 203 g/mol. The van der Waals surface area contributed by atoms with Crippen LogP contribution in [0, 0.1) is 0 Å². The zero-order chi connectivity index (χ0) is 11.6. The fourth-order valence-corrected chi connectivity index (χ4v) is 0.388. The lowest BCUT2D eigenvalue weighted by molar-refractivity contribution is -0.138. The lowest BCUT2D eigenvalue weighted by Gasteiger charge is -2.07. The number of hydrogen-bond acceptors (Lipinski definition) is 4. The van der Waals surface area contributed by atoms with Crippen molar-refractivity contribution in [3.63, 3.8) is 0 Å². The topological polar surface area (TPSA) is 66.8 Å². The van der Waals surface area contributed by atoms with E-state index in [-0.39, 0.29) is 5.97 Å². The normalized spacial score (nSPS) is 8.57. The third kappa shape index (κ3) is 22.4. The summed E-state index contributed by atoms with van der Waals surface area (Å²) in [5.74, 6) is -1.19. The average Bonchev–Trinajstić information content (AvgIpc) is 2.02. The van der Waals surface area contributed by atoms with Crippen molar-refractivity contribution in [3.8, 4) is 0 Å². The Labute approximate surface area is 84.0 Å². The van der Waals surface area contributed by atoms with Gasteiger partial charge in [0.1, 0.15) is 6.61 Å². The van der Waals surface area contributed by atoms with Gasteiger partial charge in [0.2, 0.25) is 0 Å². The molecule has 0 fully saturated rings. The lowest BCUT2D eigenvalue weighted by atomic mass is 10.6. The molecule has 0 rings (SSSR count). The van der Waals surface area contributed by atoms with E-state index in [0.717, 1.165) is 19.5 Å². The van der Waals surface area contributed by atoms with Crippen LogP contribution in [0.15, 0.2) is 12.7 Å². The molecule has 0 heterocycles. The summed E-state index contributed by atoms with van der Waals surface area (Å²) >= 11 is 0. The minimum atomic E-state index is -0.833. The van der Waals surface area contributed by atoms with E-state index >= 15 is 0 Å². The average molecular weight is 203 g/mol. The Balaban J connectivity index is 0. The summed E-state index contributed by atoms with van der Waals surface area (Å²) in [6, 6.07) is 0. The molecule has 0 atom stereocenters. The second-order valence-electron chi connectivity index (χ2n) is 2.69. The Kier molecular flexibility index (Phi) is 10.5. The van der Waals surface area contributed by atoms with E-state index in [1.54, 1.807) is 0 Å². The third-order valence-corrected chi connectivity index (χ3v) is 0.949. The maximum Gasteiger partial charge on any atom is 0.330 e. The molecule has 5 nitrogen and oxygen atoms in total. The molecule has 0 unspecified atom stereocenters. The molecule has 14 heavy (non-hydrogen) atoms. The Morgan fingerprint density at radius 1 is 1.50 bits per heavy atom. The molecule has 0 spiro atoms. The van der Waals surface area contributed by atoms with Crippen LogP contribution >= 0.6 is 0 Å². The number of likely N-dealkylation sites (N-methyl/N-ethyl adjacent to an activating group) is 1. The van der Waals surface area contributed by atoms with Crippen LogP contribution in [0.4, 0.5) is 0 Å². The number of aliphatic carboxylic acids is 1. The number of esters is 1. The molecule has 0 radical (unpaired) electrons. The number of nitrogens with zero attached hydrogens (tertiary/aromatic N) is 1. The molecule has 0 aromatic heterocycles. The van der Waals surface area contributed by atoms with Crippen molar-refractivity contribution in [2.75, 3.05) is 27.2 Å². The number of ether oxygens (including phenoxy) is 1. The first-order chi connectivity index (χ1) is 6.40. The van der Waals surface area contributed by atoms with Crippen LogP contribution < -0.4 is 0 Å². The molecule has 82 valence electrons. The molecule has 0 saturated heterocycles. The molecule has 0 aliphatic carbocycles. The van der Waals surface area contributed by atoms with E-state index < -0.39 is 5.97 Å². The van der Waals surface area contributed by atoms with Crippen molar-refractivity contribution in [3.05, 3.63) is 12.7 Å². The van der Waals surface area contributed by atoms with E-state index in [9.17, 15) is 4.79 Å². The lowest BCUT2D eigenvalue weighted by Crippen LogP contribution is -2.19. The van der Waals surface area contributed by atoms with E-state index in [1.165, 1.54) is 0 Å². The highest BCUT2D eigenvalue weighted by molar-refractivity contribution is 5.81. The Morgan fingerprint density at radius 2 is 1.93 bits per heavy atom. The predicted octanol–water partition coefficient (Wildman–Crippen LogP) is 0.368. The van der Waals surface area contributed by atoms with Gasteiger partial charge in [-0.3, -0.25) is 4.79 Å². The van der Waals surface area contributed by atoms with Crippen LogP contribution in [0.5, 0.6) is 0 Å². The minimum absolute atomic E-state index is 0.359. The maximum atomic E-state index is 10.4. The zero-order valence-corrected chi connectivity index (χ0v) is 8.82. The van der Waals surface area contributed by atoms with Crippen LogP contribution in [0.3, 0.4) is 0 Å². The molecule has 0 saturated carbocycles. The van der Waals surface area contributed by atoms with Gasteiger partial charge in [0.15, 0.2) is 0 Å². The van der Waals surface area contributed by atoms with Crippen molar-refractivity contribution in [2.24, 2.45) is 0 Å². The fourth-order valence-electron chi connectivity index (χ4n) is 0.388. The molecule has 0 bridgehead atoms. The fraction of sp³-hybridized carbons (Fsp3) is 0.556. The molecule has 0 aromatic carbocycles. The number of carboxylic acid groups (broad SMARTS) is 1. The summed E-state index contributed by atoms with van der Waals surface area (Å²) in [5.41, 5.74) is 0. The zero-order valence-electron chi connectivity index (χ0n) is 8.82. The highest BCUT2D eigenvalue weighted by Gasteiger charge is 1.94. The summed E-state index contributed by atoms with van der Waals surface area (Å²) in [5, 5.41) is 7.42. The van der Waals surface area contributed by atoms with Gasteiger partial charge in [-0.2, -0.15) is 0 Å². The molecule has 5 heteroatoms. The van der Waals surface area contributed by atoms with Gasteiger partial charge in [-0.25, -0.2) is 4.79 Å². The number of rotatable bonds is 4. The highest BCUT2D eigenvalue weighted by atomic mass is 16.5. The molecule has 0 aliphatic rings. The van der Waals surface area contributed by atoms with Crippen LogP contribution in [0.2, 0.25) is 0 Å². The van der Waals surface area contributed by atoms with Gasteiger partial charge in [0.25, 0.3) is 5.97 Å². The van der Waals surface area contributed by atoms with Crippen molar-refractivity contribution in [1.29, 1.82) is 0 Å². The van der Waals surface area contributed by atoms with Crippen LogP contribution in [0.25, 0.3) is 0 Å². The first-order valence-corrected chi connectivity index (χ1v) is 4.03. The standard InChI is InChI=1S/C7H13NO2.C2H4O2/c1-4-7(9)10-6-5-8(2)3;1-2(3)4/h4H,1,5-6H2,2-3H3;1H3,(H,3,4). The van der Waals surface area contributed by atoms with Gasteiger partial charge in [-0.05, 0) is 14.1 Å². The van der Waals surface area contributed by atoms with Gasteiger partial charge in [0, 0.05) is 19.5 Å². The third-order valence-electron chi connectivity index (χ3n) is 0.949. The van der Waals surface area contributed by atoms with Crippen molar-refractivity contribution >= 4 is 11.9 Å². The van der Waals surface area contributed by atoms with Gasteiger partial charge >= 0.3 is 5.97 Å². The van der Waals surface area contributed by atoms with Gasteiger partial charge in [-0.15, -0.1) is 0 Å². The summed E-state index contributed by atoms with van der Waals surface area (Å²) in [4.78, 5) is 21.4. The summed E-state index contributed by atoms with van der Waals surface area (Å²) in [6.07, 6.45) is 1.16. The molecule has 0 amide bonds. The van der Waals surface area contributed by atoms with Crippen molar-refractivity contribution in [1.82, 2.24) is 4.90 Å². The molecule has 1 N–H and O–H groups in total. The quantitative estimate of drug-likeness (QED) is 0.528. The molecule has 0 aromatic rings. The van der Waals surface area contributed by atoms with Gasteiger partial charge < -0.3 is 14.7 Å². The minimum Gasteiger partial charge on any atom is -0.481 e. The second-order valence-corrected chi connectivity index (χ2v) is 2.69. The maximum absolute atomic E-state index is 10.4. The van der Waals surface area contributed by atoms with Crippen LogP contribution in [0.1, 0.15) is 6.92 Å². The van der Waals surface area contributed by atoms with E-state index in [1.807, 2.05) is 19.0 Å². The van der Waals surface area contributed by atoms with Gasteiger partial charge in [0.05, 0.1) is 0 Å². The Hall–Kier alpha value is -1.36. The number of carbonyl (C=O) groups excluding carboxylic acids is 1. The molecular formula is C9H17NO4. The predicted molar refractivity (Wildman–Crippen MR) is 53.0 cm³/mol. The van der Waals surface area contributed by atoms with Crippen molar-refractivity contribution in [2.45, 2.75) is 6.92 Å². The smallest absolute Gasteiger partial charge is 0.330 e. The summed E-state index contributed by atoms with van der Waals surface area (Å²) in [6.45, 7) is 5.53. The number of carbonyl (C=O) groups is 2. The van der Waals surface area contributed by atoms with Crippen LogP contribution in [-0.4, -0.2) is 49.2 Å². The van der Waals surface area contributed by atoms with Gasteiger partial charge in [-0.1, -0.05) is 6.58 Å². The Morgan fingerprint density at radius 3 is 2.21 bits per heavy atom. The van der Waals surface area contributed by atoms with E-state index in [0.29, 0.717) is 6.61 Å². The SMILES string of the molecule is C=CC(=O)OCCN(C)C.CC(=O)O. The largest absolute Gasteiger partial charge is 0.481 e. The summed E-state index contributed by atoms with van der Waals surface area (Å²) < 4.78 is 4.70. The second kappa shape index (κ2) is 9.73. The first-order valence-electron chi connectivity index (χ1n) is 4.03. The van der Waals surface area contributed by atoms with Crippen LogP contribution in [-0.2, 0) is 14.3 Å².